The Morgan fingerprint density at radius 1 is 0.944 bits per heavy atom. The smallest absolute Gasteiger partial charge is 0.125 e. The molecule has 18 heavy (non-hydrogen) atoms. The van der Waals surface area contributed by atoms with Crippen LogP contribution >= 0.6 is 23.2 Å². The Labute approximate surface area is 117 Å². The van der Waals surface area contributed by atoms with Crippen molar-refractivity contribution in [1.82, 2.24) is 0 Å². The van der Waals surface area contributed by atoms with Gasteiger partial charge in [0.25, 0.3) is 0 Å². The highest BCUT2D eigenvalue weighted by Crippen LogP contribution is 2.26. The van der Waals surface area contributed by atoms with Crippen LogP contribution < -0.4 is 4.74 Å². The van der Waals surface area contributed by atoms with Crippen LogP contribution in [-0.2, 0) is 0 Å². The summed E-state index contributed by atoms with van der Waals surface area (Å²) in [4.78, 5) is 0. The lowest BCUT2D eigenvalue weighted by Crippen LogP contribution is -2.08. The van der Waals surface area contributed by atoms with Gasteiger partial charge in [-0.1, -0.05) is 41.9 Å². The van der Waals surface area contributed by atoms with E-state index in [1.807, 2.05) is 54.6 Å². The van der Waals surface area contributed by atoms with E-state index in [2.05, 4.69) is 0 Å². The van der Waals surface area contributed by atoms with Crippen molar-refractivity contribution in [1.29, 1.82) is 0 Å². The number of rotatable bonds is 5. The van der Waals surface area contributed by atoms with Crippen LogP contribution in [0.3, 0.4) is 0 Å². The summed E-state index contributed by atoms with van der Waals surface area (Å²) in [7, 11) is 0. The van der Waals surface area contributed by atoms with Crippen LogP contribution in [0.15, 0.2) is 54.6 Å². The summed E-state index contributed by atoms with van der Waals surface area (Å²) in [6.45, 7) is 0. The van der Waals surface area contributed by atoms with E-state index in [-0.39, 0.29) is 6.10 Å². The largest absolute Gasteiger partial charge is 0.486 e. The molecule has 0 aliphatic heterocycles. The van der Waals surface area contributed by atoms with E-state index >= 15 is 0 Å². The molecule has 0 aromatic heterocycles. The van der Waals surface area contributed by atoms with E-state index in [4.69, 9.17) is 27.9 Å². The summed E-state index contributed by atoms with van der Waals surface area (Å²) < 4.78 is 5.95. The zero-order valence-electron chi connectivity index (χ0n) is 9.85. The monoisotopic (exact) mass is 280 g/mol. The number of alkyl halides is 1. The summed E-state index contributed by atoms with van der Waals surface area (Å²) >= 11 is 11.7. The van der Waals surface area contributed by atoms with Gasteiger partial charge >= 0.3 is 0 Å². The fraction of sp³-hybridized carbons (Fsp3) is 0.200. The molecule has 3 heteroatoms. The van der Waals surface area contributed by atoms with Gasteiger partial charge in [0.05, 0.1) is 0 Å². The quantitative estimate of drug-likeness (QED) is 0.694. The first kappa shape index (κ1) is 13.3. The SMILES string of the molecule is ClCC[C@H](Oc1ccc(Cl)cc1)c1ccccc1. The molecule has 2 rings (SSSR count). The molecule has 0 amide bonds. The van der Waals surface area contributed by atoms with Crippen LogP contribution in [0, 0.1) is 0 Å². The fourth-order valence-electron chi connectivity index (χ4n) is 1.74. The number of benzene rings is 2. The van der Waals surface area contributed by atoms with Gasteiger partial charge in [-0.05, 0) is 29.8 Å². The normalized spacial score (nSPS) is 12.1. The zero-order chi connectivity index (χ0) is 12.8. The molecule has 0 N–H and O–H groups in total. The Bertz CT molecular complexity index is 468. The molecule has 1 nitrogen and oxygen atoms in total. The minimum atomic E-state index is -0.0233. The van der Waals surface area contributed by atoms with Crippen molar-refractivity contribution in [3.63, 3.8) is 0 Å². The van der Waals surface area contributed by atoms with E-state index in [1.54, 1.807) is 0 Å². The summed E-state index contributed by atoms with van der Waals surface area (Å²) in [5.74, 6) is 1.37. The molecule has 94 valence electrons. The maximum atomic E-state index is 5.95. The predicted octanol–water partition coefficient (Wildman–Crippen LogP) is 5.09. The Kier molecular flexibility index (Phi) is 4.91. The van der Waals surface area contributed by atoms with Gasteiger partial charge in [-0.15, -0.1) is 11.6 Å². The molecule has 1 atom stereocenters. The second kappa shape index (κ2) is 6.67. The third-order valence-electron chi connectivity index (χ3n) is 2.63. The lowest BCUT2D eigenvalue weighted by molar-refractivity contribution is 0.202. The minimum Gasteiger partial charge on any atom is -0.486 e. The fourth-order valence-corrected chi connectivity index (χ4v) is 2.06. The van der Waals surface area contributed by atoms with Gasteiger partial charge in [0, 0.05) is 17.3 Å². The van der Waals surface area contributed by atoms with Gasteiger partial charge < -0.3 is 4.74 Å². The van der Waals surface area contributed by atoms with Gasteiger partial charge in [0.2, 0.25) is 0 Å². The molecule has 0 aliphatic carbocycles. The number of hydrogen-bond donors (Lipinski definition) is 0. The molecule has 2 aromatic rings. The number of hydrogen-bond acceptors (Lipinski definition) is 1. The lowest BCUT2D eigenvalue weighted by Gasteiger charge is -2.18. The summed E-state index contributed by atoms with van der Waals surface area (Å²) in [5, 5.41) is 0.705. The van der Waals surface area contributed by atoms with Crippen molar-refractivity contribution in [2.45, 2.75) is 12.5 Å². The van der Waals surface area contributed by atoms with E-state index in [0.717, 1.165) is 17.7 Å². The topological polar surface area (TPSA) is 9.23 Å². The maximum Gasteiger partial charge on any atom is 0.125 e. The average Bonchev–Trinajstić information content (AvgIpc) is 2.42. The average molecular weight is 281 g/mol. The van der Waals surface area contributed by atoms with Gasteiger partial charge in [-0.3, -0.25) is 0 Å². The van der Waals surface area contributed by atoms with Crippen LogP contribution in [-0.4, -0.2) is 5.88 Å². The Morgan fingerprint density at radius 2 is 1.61 bits per heavy atom. The summed E-state index contributed by atoms with van der Waals surface area (Å²) in [6.07, 6.45) is 0.749. The second-order valence-electron chi connectivity index (χ2n) is 3.95. The van der Waals surface area contributed by atoms with Crippen LogP contribution in [0.4, 0.5) is 0 Å². The van der Waals surface area contributed by atoms with Gasteiger partial charge in [0.1, 0.15) is 11.9 Å². The molecular weight excluding hydrogens is 267 g/mol. The van der Waals surface area contributed by atoms with Crippen LogP contribution in [0.5, 0.6) is 5.75 Å². The highest BCUT2D eigenvalue weighted by molar-refractivity contribution is 6.30. The first-order valence-corrected chi connectivity index (χ1v) is 6.74. The van der Waals surface area contributed by atoms with Gasteiger partial charge in [-0.2, -0.15) is 0 Å². The molecule has 0 unspecified atom stereocenters. The molecule has 0 radical (unpaired) electrons. The van der Waals surface area contributed by atoms with Gasteiger partial charge in [-0.25, -0.2) is 0 Å². The molecule has 0 fully saturated rings. The highest BCUT2D eigenvalue weighted by atomic mass is 35.5. The van der Waals surface area contributed by atoms with Crippen molar-refractivity contribution in [2.75, 3.05) is 5.88 Å². The van der Waals surface area contributed by atoms with Crippen molar-refractivity contribution in [3.8, 4) is 5.75 Å². The Morgan fingerprint density at radius 3 is 2.22 bits per heavy atom. The first-order chi connectivity index (χ1) is 8.79. The molecule has 0 aliphatic rings. The van der Waals surface area contributed by atoms with E-state index in [1.165, 1.54) is 0 Å². The van der Waals surface area contributed by atoms with Crippen LogP contribution in [0.25, 0.3) is 0 Å². The van der Waals surface area contributed by atoms with Crippen LogP contribution in [0.2, 0.25) is 5.02 Å². The van der Waals surface area contributed by atoms with Crippen molar-refractivity contribution >= 4 is 23.2 Å². The molecule has 0 bridgehead atoms. The van der Waals surface area contributed by atoms with E-state index in [9.17, 15) is 0 Å². The molecular formula is C15H14Cl2O. The van der Waals surface area contributed by atoms with E-state index in [0.29, 0.717) is 10.9 Å². The van der Waals surface area contributed by atoms with Crippen molar-refractivity contribution in [3.05, 3.63) is 65.2 Å². The van der Waals surface area contributed by atoms with Crippen molar-refractivity contribution < 1.29 is 4.74 Å². The molecule has 0 spiro atoms. The third-order valence-corrected chi connectivity index (χ3v) is 3.10. The lowest BCUT2D eigenvalue weighted by atomic mass is 10.1. The first-order valence-electron chi connectivity index (χ1n) is 5.83. The molecule has 0 saturated carbocycles. The number of halogens is 2. The van der Waals surface area contributed by atoms with E-state index < -0.39 is 0 Å². The standard InChI is InChI=1S/C15H14Cl2O/c16-11-10-15(12-4-2-1-3-5-12)18-14-8-6-13(17)7-9-14/h1-9,15H,10-11H2/t15-/m0/s1. The third kappa shape index (κ3) is 3.66. The maximum absolute atomic E-state index is 5.95. The summed E-state index contributed by atoms with van der Waals surface area (Å²) in [5.41, 5.74) is 1.13. The second-order valence-corrected chi connectivity index (χ2v) is 4.76. The summed E-state index contributed by atoms with van der Waals surface area (Å²) in [6, 6.07) is 17.5. The molecule has 0 heterocycles. The van der Waals surface area contributed by atoms with Gasteiger partial charge in [0.15, 0.2) is 0 Å². The highest BCUT2D eigenvalue weighted by Gasteiger charge is 2.12. The molecule has 2 aromatic carbocycles. The van der Waals surface area contributed by atoms with Crippen LogP contribution in [0.1, 0.15) is 18.1 Å². The van der Waals surface area contributed by atoms with Crippen molar-refractivity contribution in [2.24, 2.45) is 0 Å². The Balaban J connectivity index is 2.14. The number of ether oxygens (including phenoxy) is 1. The molecule has 0 saturated heterocycles. The predicted molar refractivity (Wildman–Crippen MR) is 76.6 cm³/mol. The zero-order valence-corrected chi connectivity index (χ0v) is 11.4. The minimum absolute atomic E-state index is 0.0233. The Hall–Kier alpha value is -1.18.